The summed E-state index contributed by atoms with van der Waals surface area (Å²) in [6.07, 6.45) is 3.12. The highest BCUT2D eigenvalue weighted by Crippen LogP contribution is 2.13. The van der Waals surface area contributed by atoms with Crippen molar-refractivity contribution in [1.82, 2.24) is 5.32 Å². The maximum Gasteiger partial charge on any atom is 0.251 e. The molecule has 0 radical (unpaired) electrons. The Bertz CT molecular complexity index is 438. The predicted octanol–water partition coefficient (Wildman–Crippen LogP) is 2.90. The van der Waals surface area contributed by atoms with Crippen molar-refractivity contribution in [2.24, 2.45) is 0 Å². The van der Waals surface area contributed by atoms with E-state index < -0.39 is 0 Å². The number of nitrogens with zero attached hydrogens (tertiary/aromatic N) is 1. The minimum atomic E-state index is -0.0982. The molecule has 0 unspecified atom stereocenters. The molecule has 4 heteroatoms. The van der Waals surface area contributed by atoms with Crippen molar-refractivity contribution in [2.75, 3.05) is 13.2 Å². The van der Waals surface area contributed by atoms with Crippen LogP contribution in [-0.2, 0) is 0 Å². The van der Waals surface area contributed by atoms with Gasteiger partial charge >= 0.3 is 0 Å². The molecule has 1 aromatic rings. The van der Waals surface area contributed by atoms with E-state index in [0.29, 0.717) is 25.1 Å². The summed E-state index contributed by atoms with van der Waals surface area (Å²) in [7, 11) is 0. The third-order valence-corrected chi connectivity index (χ3v) is 2.57. The lowest BCUT2D eigenvalue weighted by Gasteiger charge is -2.07. The van der Waals surface area contributed by atoms with Crippen LogP contribution in [0.15, 0.2) is 24.3 Å². The molecule has 102 valence electrons. The van der Waals surface area contributed by atoms with E-state index in [2.05, 4.69) is 11.4 Å². The molecule has 0 fully saturated rings. The van der Waals surface area contributed by atoms with Gasteiger partial charge in [0.2, 0.25) is 0 Å². The fourth-order valence-electron chi connectivity index (χ4n) is 1.58. The molecule has 0 aliphatic carbocycles. The summed E-state index contributed by atoms with van der Waals surface area (Å²) in [4.78, 5) is 11.9. The van der Waals surface area contributed by atoms with Gasteiger partial charge in [-0.15, -0.1) is 0 Å². The van der Waals surface area contributed by atoms with Gasteiger partial charge in [-0.05, 0) is 37.5 Å². The van der Waals surface area contributed by atoms with Crippen molar-refractivity contribution < 1.29 is 9.53 Å². The predicted molar refractivity (Wildman–Crippen MR) is 74.0 cm³/mol. The largest absolute Gasteiger partial charge is 0.494 e. The molecule has 1 rings (SSSR count). The van der Waals surface area contributed by atoms with Crippen LogP contribution in [0.4, 0.5) is 0 Å². The Labute approximate surface area is 114 Å². The van der Waals surface area contributed by atoms with E-state index in [1.807, 2.05) is 19.1 Å². The van der Waals surface area contributed by atoms with Gasteiger partial charge in [-0.1, -0.05) is 13.0 Å². The molecule has 0 bridgehead atoms. The van der Waals surface area contributed by atoms with Gasteiger partial charge in [-0.2, -0.15) is 5.26 Å². The summed E-state index contributed by atoms with van der Waals surface area (Å²) in [6, 6.07) is 9.26. The van der Waals surface area contributed by atoms with E-state index in [1.54, 1.807) is 12.1 Å². The molecule has 0 saturated carbocycles. The number of ether oxygens (including phenoxy) is 1. The number of unbranched alkanes of at least 4 members (excludes halogenated alkanes) is 2. The number of carbonyl (C=O) groups excluding carboxylic acids is 1. The first-order valence-electron chi connectivity index (χ1n) is 6.66. The van der Waals surface area contributed by atoms with E-state index in [4.69, 9.17) is 10.00 Å². The zero-order valence-corrected chi connectivity index (χ0v) is 11.3. The van der Waals surface area contributed by atoms with Crippen LogP contribution in [0.2, 0.25) is 0 Å². The van der Waals surface area contributed by atoms with Crippen LogP contribution in [0.1, 0.15) is 43.0 Å². The molecule has 0 atom stereocenters. The molecule has 1 amide bonds. The Morgan fingerprint density at radius 3 is 3.00 bits per heavy atom. The molecule has 1 aromatic carbocycles. The third kappa shape index (κ3) is 5.91. The Morgan fingerprint density at radius 1 is 1.42 bits per heavy atom. The molecule has 4 nitrogen and oxygen atoms in total. The summed E-state index contributed by atoms with van der Waals surface area (Å²) < 4.78 is 5.49. The normalized spacial score (nSPS) is 9.68. The molecule has 0 saturated heterocycles. The second-order valence-electron chi connectivity index (χ2n) is 4.25. The van der Waals surface area contributed by atoms with Gasteiger partial charge < -0.3 is 10.1 Å². The van der Waals surface area contributed by atoms with Crippen molar-refractivity contribution in [1.29, 1.82) is 5.26 Å². The maximum atomic E-state index is 11.9. The number of rotatable bonds is 8. The smallest absolute Gasteiger partial charge is 0.251 e. The molecular weight excluding hydrogens is 240 g/mol. The van der Waals surface area contributed by atoms with Crippen LogP contribution in [0.5, 0.6) is 5.75 Å². The van der Waals surface area contributed by atoms with Gasteiger partial charge in [0.25, 0.3) is 5.91 Å². The SMILES string of the molecule is CCCOc1cccc(C(=O)NCCCCC#N)c1. The molecule has 1 N–H and O–H groups in total. The fourth-order valence-corrected chi connectivity index (χ4v) is 1.58. The summed E-state index contributed by atoms with van der Waals surface area (Å²) in [5, 5.41) is 11.2. The first kappa shape index (κ1) is 15.0. The lowest BCUT2D eigenvalue weighted by atomic mass is 10.2. The second kappa shape index (κ2) is 8.98. The van der Waals surface area contributed by atoms with Gasteiger partial charge in [-0.3, -0.25) is 4.79 Å². The molecule has 0 aliphatic rings. The lowest BCUT2D eigenvalue weighted by Crippen LogP contribution is -2.24. The first-order valence-corrected chi connectivity index (χ1v) is 6.66. The summed E-state index contributed by atoms with van der Waals surface area (Å²) in [6.45, 7) is 3.29. The van der Waals surface area contributed by atoms with Gasteiger partial charge in [0.05, 0.1) is 12.7 Å². The average molecular weight is 260 g/mol. The third-order valence-electron chi connectivity index (χ3n) is 2.57. The summed E-state index contributed by atoms with van der Waals surface area (Å²) >= 11 is 0. The van der Waals surface area contributed by atoms with Crippen LogP contribution in [-0.4, -0.2) is 19.1 Å². The molecule has 0 aromatic heterocycles. The van der Waals surface area contributed by atoms with Crippen molar-refractivity contribution in [3.8, 4) is 11.8 Å². The van der Waals surface area contributed by atoms with Crippen LogP contribution in [0.25, 0.3) is 0 Å². The topological polar surface area (TPSA) is 62.1 Å². The standard InChI is InChI=1S/C15H20N2O2/c1-2-11-19-14-8-6-7-13(12-14)15(18)17-10-5-3-4-9-16/h6-8,12H,2-5,10-11H2,1H3,(H,17,18). The highest BCUT2D eigenvalue weighted by Gasteiger charge is 2.05. The van der Waals surface area contributed by atoms with Gasteiger partial charge in [0, 0.05) is 18.5 Å². The molecular formula is C15H20N2O2. The van der Waals surface area contributed by atoms with Crippen molar-refractivity contribution in [3.05, 3.63) is 29.8 Å². The van der Waals surface area contributed by atoms with Gasteiger partial charge in [-0.25, -0.2) is 0 Å². The minimum absolute atomic E-state index is 0.0982. The zero-order valence-electron chi connectivity index (χ0n) is 11.3. The van der Waals surface area contributed by atoms with Crippen LogP contribution in [0.3, 0.4) is 0 Å². The number of nitriles is 1. The van der Waals surface area contributed by atoms with Crippen molar-refractivity contribution in [3.63, 3.8) is 0 Å². The number of hydrogen-bond donors (Lipinski definition) is 1. The quantitative estimate of drug-likeness (QED) is 0.731. The Hall–Kier alpha value is -2.02. The Morgan fingerprint density at radius 2 is 2.26 bits per heavy atom. The second-order valence-corrected chi connectivity index (χ2v) is 4.25. The van der Waals surface area contributed by atoms with Crippen molar-refractivity contribution in [2.45, 2.75) is 32.6 Å². The van der Waals surface area contributed by atoms with Crippen LogP contribution >= 0.6 is 0 Å². The van der Waals surface area contributed by atoms with Crippen molar-refractivity contribution >= 4 is 5.91 Å². The fraction of sp³-hybridized carbons (Fsp3) is 0.467. The monoisotopic (exact) mass is 260 g/mol. The highest BCUT2D eigenvalue weighted by molar-refractivity contribution is 5.94. The number of benzene rings is 1. The lowest BCUT2D eigenvalue weighted by molar-refractivity contribution is 0.0952. The van der Waals surface area contributed by atoms with Crippen LogP contribution < -0.4 is 10.1 Å². The highest BCUT2D eigenvalue weighted by atomic mass is 16.5. The number of hydrogen-bond acceptors (Lipinski definition) is 3. The molecule has 0 spiro atoms. The minimum Gasteiger partial charge on any atom is -0.494 e. The number of amides is 1. The van der Waals surface area contributed by atoms with Crippen LogP contribution in [0, 0.1) is 11.3 Å². The molecule has 19 heavy (non-hydrogen) atoms. The van der Waals surface area contributed by atoms with E-state index >= 15 is 0 Å². The maximum absolute atomic E-state index is 11.9. The zero-order chi connectivity index (χ0) is 13.9. The molecule has 0 heterocycles. The van der Waals surface area contributed by atoms with E-state index in [0.717, 1.165) is 25.0 Å². The van der Waals surface area contributed by atoms with E-state index in [-0.39, 0.29) is 5.91 Å². The number of nitrogens with one attached hydrogen (secondary N) is 1. The Balaban J connectivity index is 2.41. The first-order chi connectivity index (χ1) is 9.27. The summed E-state index contributed by atoms with van der Waals surface area (Å²) in [5.41, 5.74) is 0.605. The Kier molecular flexibility index (Phi) is 7.11. The summed E-state index contributed by atoms with van der Waals surface area (Å²) in [5.74, 6) is 0.623. The van der Waals surface area contributed by atoms with Gasteiger partial charge in [0.15, 0.2) is 0 Å². The van der Waals surface area contributed by atoms with E-state index in [9.17, 15) is 4.79 Å². The average Bonchev–Trinajstić information content (AvgIpc) is 2.45. The van der Waals surface area contributed by atoms with E-state index in [1.165, 1.54) is 0 Å². The van der Waals surface area contributed by atoms with Gasteiger partial charge in [0.1, 0.15) is 5.75 Å². The molecule has 0 aliphatic heterocycles. The number of carbonyl (C=O) groups is 1.